The molecule has 2 rings (SSSR count). The van der Waals surface area contributed by atoms with Crippen LogP contribution < -0.4 is 10.2 Å². The summed E-state index contributed by atoms with van der Waals surface area (Å²) in [6, 6.07) is 0.643. The van der Waals surface area contributed by atoms with Gasteiger partial charge in [-0.3, -0.25) is 0 Å². The van der Waals surface area contributed by atoms with Gasteiger partial charge in [0.05, 0.1) is 12.2 Å². The van der Waals surface area contributed by atoms with E-state index >= 15 is 0 Å². The number of anilines is 1. The molecule has 0 atom stereocenters. The monoisotopic (exact) mass is 247 g/mol. The Morgan fingerprint density at radius 2 is 2.38 bits per heavy atom. The third-order valence-corrected chi connectivity index (χ3v) is 3.43. The Morgan fingerprint density at radius 1 is 1.62 bits per heavy atom. The molecule has 1 aliphatic carbocycles. The smallest absolute Gasteiger partial charge is 0.255 e. The van der Waals surface area contributed by atoms with E-state index in [0.29, 0.717) is 11.2 Å². The first-order valence-electron chi connectivity index (χ1n) is 5.32. The number of halogens is 2. The van der Waals surface area contributed by atoms with Gasteiger partial charge in [0.2, 0.25) is 0 Å². The SMILES string of the molecule is CN(CC(F)F)c1nc(CNC2CC2)cs1. The molecule has 0 aromatic carbocycles. The zero-order chi connectivity index (χ0) is 11.5. The second-order valence-corrected chi connectivity index (χ2v) is 4.88. The molecular formula is C10H15F2N3S. The van der Waals surface area contributed by atoms with E-state index in [4.69, 9.17) is 0 Å². The third-order valence-electron chi connectivity index (χ3n) is 2.43. The first kappa shape index (κ1) is 11.7. The number of alkyl halides is 2. The Labute approximate surface area is 97.5 Å². The Balaban J connectivity index is 1.84. The molecule has 1 N–H and O–H groups in total. The summed E-state index contributed by atoms with van der Waals surface area (Å²) in [6.45, 7) is 0.479. The molecule has 16 heavy (non-hydrogen) atoms. The van der Waals surface area contributed by atoms with Crippen molar-refractivity contribution in [1.29, 1.82) is 0 Å². The minimum atomic E-state index is -2.32. The molecule has 0 radical (unpaired) electrons. The quantitative estimate of drug-likeness (QED) is 0.834. The predicted molar refractivity (Wildman–Crippen MR) is 61.2 cm³/mol. The molecular weight excluding hydrogens is 232 g/mol. The summed E-state index contributed by atoms with van der Waals surface area (Å²) >= 11 is 1.41. The van der Waals surface area contributed by atoms with Crippen molar-refractivity contribution in [2.75, 3.05) is 18.5 Å². The summed E-state index contributed by atoms with van der Waals surface area (Å²) in [4.78, 5) is 5.81. The normalized spacial score (nSPS) is 15.8. The van der Waals surface area contributed by atoms with Crippen LogP contribution >= 0.6 is 11.3 Å². The molecule has 6 heteroatoms. The van der Waals surface area contributed by atoms with Crippen LogP contribution in [0.2, 0.25) is 0 Å². The van der Waals surface area contributed by atoms with Crippen LogP contribution in [0.5, 0.6) is 0 Å². The lowest BCUT2D eigenvalue weighted by Gasteiger charge is -2.14. The van der Waals surface area contributed by atoms with Gasteiger partial charge < -0.3 is 10.2 Å². The van der Waals surface area contributed by atoms with Gasteiger partial charge in [0.1, 0.15) is 0 Å². The molecule has 0 saturated heterocycles. The molecule has 3 nitrogen and oxygen atoms in total. The lowest BCUT2D eigenvalue weighted by molar-refractivity contribution is 0.156. The maximum absolute atomic E-state index is 12.2. The van der Waals surface area contributed by atoms with Crippen LogP contribution in [0.3, 0.4) is 0 Å². The summed E-state index contributed by atoms with van der Waals surface area (Å²) < 4.78 is 24.3. The van der Waals surface area contributed by atoms with E-state index in [0.717, 1.165) is 12.2 Å². The molecule has 0 spiro atoms. The molecule has 0 unspecified atom stereocenters. The highest BCUT2D eigenvalue weighted by Crippen LogP contribution is 2.22. The van der Waals surface area contributed by atoms with Crippen LogP contribution in [0.15, 0.2) is 5.38 Å². The van der Waals surface area contributed by atoms with E-state index < -0.39 is 6.43 Å². The van der Waals surface area contributed by atoms with Crippen molar-refractivity contribution in [1.82, 2.24) is 10.3 Å². The van der Waals surface area contributed by atoms with Crippen LogP contribution in [-0.2, 0) is 6.54 Å². The number of hydrogen-bond acceptors (Lipinski definition) is 4. The zero-order valence-electron chi connectivity index (χ0n) is 9.12. The van der Waals surface area contributed by atoms with E-state index in [-0.39, 0.29) is 6.54 Å². The van der Waals surface area contributed by atoms with Crippen LogP contribution in [0, 0.1) is 0 Å². The van der Waals surface area contributed by atoms with Crippen LogP contribution in [0.25, 0.3) is 0 Å². The fourth-order valence-corrected chi connectivity index (χ4v) is 2.18. The first-order chi connectivity index (χ1) is 7.65. The number of nitrogens with one attached hydrogen (secondary N) is 1. The summed E-state index contributed by atoms with van der Waals surface area (Å²) in [5.41, 5.74) is 0.938. The van der Waals surface area contributed by atoms with Gasteiger partial charge in [-0.1, -0.05) is 0 Å². The maximum Gasteiger partial charge on any atom is 0.255 e. The molecule has 1 heterocycles. The molecule has 0 aliphatic heterocycles. The van der Waals surface area contributed by atoms with Crippen LogP contribution in [-0.4, -0.2) is 31.0 Å². The standard InChI is InChI=1S/C10H15F2N3S/c1-15(5-9(11)12)10-14-8(6-16-10)4-13-7-2-3-7/h6-7,9,13H,2-5H2,1H3. The van der Waals surface area contributed by atoms with Crippen LogP contribution in [0.1, 0.15) is 18.5 Å². The van der Waals surface area contributed by atoms with Crippen molar-refractivity contribution in [3.63, 3.8) is 0 Å². The minimum absolute atomic E-state index is 0.261. The number of nitrogens with zero attached hydrogens (tertiary/aromatic N) is 2. The molecule has 1 aromatic heterocycles. The van der Waals surface area contributed by atoms with E-state index in [1.54, 1.807) is 7.05 Å². The van der Waals surface area contributed by atoms with Crippen molar-refractivity contribution < 1.29 is 8.78 Å². The van der Waals surface area contributed by atoms with Crippen molar-refractivity contribution in [3.8, 4) is 0 Å². The number of hydrogen-bond donors (Lipinski definition) is 1. The number of rotatable bonds is 6. The van der Waals surface area contributed by atoms with Crippen molar-refractivity contribution in [2.24, 2.45) is 0 Å². The van der Waals surface area contributed by atoms with E-state index in [1.807, 2.05) is 5.38 Å². The second kappa shape index (κ2) is 5.05. The van der Waals surface area contributed by atoms with Gasteiger partial charge in [-0.2, -0.15) is 0 Å². The van der Waals surface area contributed by atoms with Crippen molar-refractivity contribution in [3.05, 3.63) is 11.1 Å². The van der Waals surface area contributed by atoms with Crippen molar-refractivity contribution >= 4 is 16.5 Å². The molecule has 0 amide bonds. The van der Waals surface area contributed by atoms with Crippen molar-refractivity contribution in [2.45, 2.75) is 31.9 Å². The summed E-state index contributed by atoms with van der Waals surface area (Å²) in [5, 5.41) is 5.93. The van der Waals surface area contributed by atoms with Gasteiger partial charge in [-0.25, -0.2) is 13.8 Å². The summed E-state index contributed by atoms with van der Waals surface area (Å²) in [6.07, 6.45) is 0.159. The van der Waals surface area contributed by atoms with Gasteiger partial charge in [0.25, 0.3) is 6.43 Å². The highest BCUT2D eigenvalue weighted by atomic mass is 32.1. The Hall–Kier alpha value is -0.750. The average Bonchev–Trinajstić information content (AvgIpc) is 2.92. The van der Waals surface area contributed by atoms with Gasteiger partial charge in [-0.15, -0.1) is 11.3 Å². The van der Waals surface area contributed by atoms with E-state index in [1.165, 1.54) is 29.1 Å². The highest BCUT2D eigenvalue weighted by Gasteiger charge is 2.20. The lowest BCUT2D eigenvalue weighted by Crippen LogP contribution is -2.24. The molecule has 0 bridgehead atoms. The van der Waals surface area contributed by atoms with Gasteiger partial charge in [0, 0.05) is 25.0 Å². The fourth-order valence-electron chi connectivity index (χ4n) is 1.37. The minimum Gasteiger partial charge on any atom is -0.345 e. The van der Waals surface area contributed by atoms with Crippen LogP contribution in [0.4, 0.5) is 13.9 Å². The predicted octanol–water partition coefficient (Wildman–Crippen LogP) is 2.10. The maximum atomic E-state index is 12.2. The molecule has 90 valence electrons. The lowest BCUT2D eigenvalue weighted by atomic mass is 10.5. The topological polar surface area (TPSA) is 28.2 Å². The largest absolute Gasteiger partial charge is 0.345 e. The fraction of sp³-hybridized carbons (Fsp3) is 0.700. The Bertz CT molecular complexity index is 339. The van der Waals surface area contributed by atoms with Gasteiger partial charge >= 0.3 is 0 Å². The number of thiazole rings is 1. The summed E-state index contributed by atoms with van der Waals surface area (Å²) in [7, 11) is 1.64. The first-order valence-corrected chi connectivity index (χ1v) is 6.20. The summed E-state index contributed by atoms with van der Waals surface area (Å²) in [5.74, 6) is 0. The zero-order valence-corrected chi connectivity index (χ0v) is 9.94. The Morgan fingerprint density at radius 3 is 3.00 bits per heavy atom. The molecule has 1 saturated carbocycles. The second-order valence-electron chi connectivity index (χ2n) is 4.05. The van der Waals surface area contributed by atoms with E-state index in [9.17, 15) is 8.78 Å². The van der Waals surface area contributed by atoms with Gasteiger partial charge in [0.15, 0.2) is 5.13 Å². The highest BCUT2D eigenvalue weighted by molar-refractivity contribution is 7.13. The Kier molecular flexibility index (Phi) is 3.70. The number of aromatic nitrogens is 1. The molecule has 1 fully saturated rings. The molecule has 1 aliphatic rings. The van der Waals surface area contributed by atoms with Gasteiger partial charge in [-0.05, 0) is 12.8 Å². The van der Waals surface area contributed by atoms with E-state index in [2.05, 4.69) is 10.3 Å². The third kappa shape index (κ3) is 3.38. The average molecular weight is 247 g/mol. The molecule has 1 aromatic rings.